The van der Waals surface area contributed by atoms with Crippen LogP contribution in [0, 0.1) is 5.82 Å². The fourth-order valence-electron chi connectivity index (χ4n) is 1.74. The smallest absolute Gasteiger partial charge is 0.230 e. The average Bonchev–Trinajstić information content (AvgIpc) is 3.20. The summed E-state index contributed by atoms with van der Waals surface area (Å²) < 4.78 is 13.6. The first kappa shape index (κ1) is 15.2. The predicted octanol–water partition coefficient (Wildman–Crippen LogP) is 2.66. The number of anilines is 1. The summed E-state index contributed by atoms with van der Waals surface area (Å²) in [6, 6.07) is 6.69. The zero-order valence-corrected chi connectivity index (χ0v) is 13.3. The quantitative estimate of drug-likeness (QED) is 0.760. The first-order chi connectivity index (χ1) is 10.7. The van der Waals surface area contributed by atoms with Crippen molar-refractivity contribution in [3.8, 4) is 0 Å². The van der Waals surface area contributed by atoms with Gasteiger partial charge in [-0.15, -0.1) is 10.2 Å². The Kier molecular flexibility index (Phi) is 4.89. The summed E-state index contributed by atoms with van der Waals surface area (Å²) >= 11 is 2.79. The number of nitrogens with zero attached hydrogens (tertiary/aromatic N) is 2. The lowest BCUT2D eigenvalue weighted by atomic mass is 10.2. The summed E-state index contributed by atoms with van der Waals surface area (Å²) in [6.07, 6.45) is 2.18. The fourth-order valence-corrected chi connectivity index (χ4v) is 3.30. The molecular weight excluding hydrogens is 323 g/mol. The summed E-state index contributed by atoms with van der Waals surface area (Å²) in [4.78, 5) is 11.6. The van der Waals surface area contributed by atoms with E-state index in [4.69, 9.17) is 0 Å². The number of amides is 1. The number of nitrogens with one attached hydrogen (secondary N) is 2. The molecule has 0 saturated heterocycles. The molecule has 116 valence electrons. The van der Waals surface area contributed by atoms with Gasteiger partial charge in [0.05, 0.1) is 5.75 Å². The summed E-state index contributed by atoms with van der Waals surface area (Å²) in [5, 5.41) is 14.8. The van der Waals surface area contributed by atoms with Crippen LogP contribution < -0.4 is 10.6 Å². The van der Waals surface area contributed by atoms with E-state index >= 15 is 0 Å². The molecule has 0 unspecified atom stereocenters. The van der Waals surface area contributed by atoms with Crippen molar-refractivity contribution in [2.75, 3.05) is 11.1 Å². The van der Waals surface area contributed by atoms with Gasteiger partial charge in [-0.1, -0.05) is 35.2 Å². The molecule has 1 aliphatic carbocycles. The lowest BCUT2D eigenvalue weighted by Gasteiger charge is -2.01. The highest BCUT2D eigenvalue weighted by Crippen LogP contribution is 2.26. The summed E-state index contributed by atoms with van der Waals surface area (Å²) in [5.41, 5.74) is 0.967. The molecule has 1 heterocycles. The SMILES string of the molecule is O=C(CSc1nnc(NCc2ccc(F)cc2)s1)NC1CC1. The topological polar surface area (TPSA) is 66.9 Å². The van der Waals surface area contributed by atoms with Gasteiger partial charge in [0, 0.05) is 12.6 Å². The maximum absolute atomic E-state index is 12.8. The standard InChI is InChI=1S/C14H15FN4OS2/c15-10-3-1-9(2-4-10)7-16-13-18-19-14(22-13)21-8-12(20)17-11-5-6-11/h1-4,11H,5-8H2,(H,16,18)(H,17,20). The van der Waals surface area contributed by atoms with E-state index in [0.717, 1.165) is 22.7 Å². The van der Waals surface area contributed by atoms with Crippen LogP contribution in [-0.2, 0) is 11.3 Å². The van der Waals surface area contributed by atoms with E-state index in [1.807, 2.05) is 0 Å². The first-order valence-corrected chi connectivity index (χ1v) is 8.73. The minimum absolute atomic E-state index is 0.0449. The molecule has 1 aromatic heterocycles. The Balaban J connectivity index is 1.44. The molecule has 1 aliphatic rings. The van der Waals surface area contributed by atoms with Crippen molar-refractivity contribution in [3.63, 3.8) is 0 Å². The van der Waals surface area contributed by atoms with Gasteiger partial charge in [-0.3, -0.25) is 4.79 Å². The second-order valence-electron chi connectivity index (χ2n) is 4.98. The van der Waals surface area contributed by atoms with Crippen LogP contribution in [0.2, 0.25) is 0 Å². The van der Waals surface area contributed by atoms with Gasteiger partial charge in [0.15, 0.2) is 4.34 Å². The van der Waals surface area contributed by atoms with Gasteiger partial charge in [0.2, 0.25) is 11.0 Å². The van der Waals surface area contributed by atoms with E-state index in [1.54, 1.807) is 12.1 Å². The summed E-state index contributed by atoms with van der Waals surface area (Å²) in [6.45, 7) is 0.557. The number of halogens is 1. The van der Waals surface area contributed by atoms with E-state index < -0.39 is 0 Å². The van der Waals surface area contributed by atoms with Crippen molar-refractivity contribution < 1.29 is 9.18 Å². The molecule has 2 aromatic rings. The second-order valence-corrected chi connectivity index (χ2v) is 7.18. The van der Waals surface area contributed by atoms with Crippen LogP contribution >= 0.6 is 23.1 Å². The third-order valence-electron chi connectivity index (χ3n) is 3.03. The minimum Gasteiger partial charge on any atom is -0.356 e. The molecule has 1 fully saturated rings. The molecule has 1 aromatic carbocycles. The molecule has 0 spiro atoms. The zero-order valence-electron chi connectivity index (χ0n) is 11.7. The number of benzene rings is 1. The monoisotopic (exact) mass is 338 g/mol. The van der Waals surface area contributed by atoms with E-state index in [0.29, 0.717) is 23.5 Å². The van der Waals surface area contributed by atoms with Crippen LogP contribution in [0.5, 0.6) is 0 Å². The highest BCUT2D eigenvalue weighted by molar-refractivity contribution is 8.01. The lowest BCUT2D eigenvalue weighted by Crippen LogP contribution is -2.26. The number of carbonyl (C=O) groups is 1. The molecule has 8 heteroatoms. The largest absolute Gasteiger partial charge is 0.356 e. The van der Waals surface area contributed by atoms with E-state index in [1.165, 1.54) is 35.2 Å². The molecule has 0 atom stereocenters. The molecule has 5 nitrogen and oxygen atoms in total. The third kappa shape index (κ3) is 4.67. The highest BCUT2D eigenvalue weighted by Gasteiger charge is 2.23. The number of hydrogen-bond donors (Lipinski definition) is 2. The zero-order chi connectivity index (χ0) is 15.4. The van der Waals surface area contributed by atoms with Crippen molar-refractivity contribution in [1.82, 2.24) is 15.5 Å². The Morgan fingerprint density at radius 1 is 1.32 bits per heavy atom. The van der Waals surface area contributed by atoms with Crippen molar-refractivity contribution in [2.45, 2.75) is 29.8 Å². The number of hydrogen-bond acceptors (Lipinski definition) is 6. The van der Waals surface area contributed by atoms with Gasteiger partial charge >= 0.3 is 0 Å². The number of thioether (sulfide) groups is 1. The lowest BCUT2D eigenvalue weighted by molar-refractivity contribution is -0.118. The third-order valence-corrected chi connectivity index (χ3v) is 5.05. The van der Waals surface area contributed by atoms with Crippen molar-refractivity contribution >= 4 is 34.1 Å². The second kappa shape index (κ2) is 7.06. The van der Waals surface area contributed by atoms with E-state index in [9.17, 15) is 9.18 Å². The summed E-state index contributed by atoms with van der Waals surface area (Å²) in [7, 11) is 0. The van der Waals surface area contributed by atoms with Gasteiger partial charge in [0.1, 0.15) is 5.82 Å². The summed E-state index contributed by atoms with van der Waals surface area (Å²) in [5.74, 6) is 0.162. The van der Waals surface area contributed by atoms with Crippen molar-refractivity contribution in [3.05, 3.63) is 35.6 Å². The Bertz CT molecular complexity index is 643. The first-order valence-electron chi connectivity index (χ1n) is 6.93. The highest BCUT2D eigenvalue weighted by atomic mass is 32.2. The van der Waals surface area contributed by atoms with Crippen LogP contribution in [0.25, 0.3) is 0 Å². The molecule has 0 bridgehead atoms. The predicted molar refractivity (Wildman–Crippen MR) is 85.5 cm³/mol. The molecule has 1 saturated carbocycles. The van der Waals surface area contributed by atoms with Gasteiger partial charge < -0.3 is 10.6 Å². The Morgan fingerprint density at radius 3 is 2.82 bits per heavy atom. The van der Waals surface area contributed by atoms with Crippen LogP contribution in [0.1, 0.15) is 18.4 Å². The number of aromatic nitrogens is 2. The van der Waals surface area contributed by atoms with Gasteiger partial charge in [-0.25, -0.2) is 4.39 Å². The molecule has 3 rings (SSSR count). The van der Waals surface area contributed by atoms with Gasteiger partial charge in [0.25, 0.3) is 0 Å². The Morgan fingerprint density at radius 2 is 2.09 bits per heavy atom. The molecule has 2 N–H and O–H groups in total. The molecular formula is C14H15FN4OS2. The fraction of sp³-hybridized carbons (Fsp3) is 0.357. The van der Waals surface area contributed by atoms with Crippen LogP contribution in [0.4, 0.5) is 9.52 Å². The van der Waals surface area contributed by atoms with Gasteiger partial charge in [-0.05, 0) is 30.5 Å². The maximum Gasteiger partial charge on any atom is 0.230 e. The minimum atomic E-state index is -0.247. The number of rotatable bonds is 7. The molecule has 22 heavy (non-hydrogen) atoms. The Labute approximate surface area is 135 Å². The van der Waals surface area contributed by atoms with Crippen LogP contribution in [-0.4, -0.2) is 27.9 Å². The molecule has 0 aliphatic heterocycles. The molecule has 0 radical (unpaired) electrons. The van der Waals surface area contributed by atoms with E-state index in [2.05, 4.69) is 20.8 Å². The normalized spacial score (nSPS) is 13.9. The number of carbonyl (C=O) groups excluding carboxylic acids is 1. The maximum atomic E-state index is 12.8. The van der Waals surface area contributed by atoms with Crippen molar-refractivity contribution in [2.24, 2.45) is 0 Å². The Hall–Kier alpha value is -1.67. The average molecular weight is 338 g/mol. The van der Waals surface area contributed by atoms with Gasteiger partial charge in [-0.2, -0.15) is 0 Å². The van der Waals surface area contributed by atoms with Crippen LogP contribution in [0.3, 0.4) is 0 Å². The van der Waals surface area contributed by atoms with Crippen LogP contribution in [0.15, 0.2) is 28.6 Å². The molecule has 1 amide bonds. The van der Waals surface area contributed by atoms with Crippen molar-refractivity contribution in [1.29, 1.82) is 0 Å². The van der Waals surface area contributed by atoms with E-state index in [-0.39, 0.29) is 11.7 Å².